The van der Waals surface area contributed by atoms with Crippen molar-refractivity contribution in [2.45, 2.75) is 96.5 Å². The predicted octanol–water partition coefficient (Wildman–Crippen LogP) is 4.53. The summed E-state index contributed by atoms with van der Waals surface area (Å²) in [7, 11) is 0. The van der Waals surface area contributed by atoms with Crippen molar-refractivity contribution >= 4 is 5.97 Å². The molecule has 0 saturated carbocycles. The number of carbonyl (C=O) groups is 1. The molecule has 4 heteroatoms. The van der Waals surface area contributed by atoms with Gasteiger partial charge in [-0.05, 0) is 44.9 Å². The third-order valence-corrected chi connectivity index (χ3v) is 4.15. The quantitative estimate of drug-likeness (QED) is 0.231. The lowest BCUT2D eigenvalue weighted by Gasteiger charge is -2.12. The highest BCUT2D eigenvalue weighted by molar-refractivity contribution is 5.69. The largest absolute Gasteiger partial charge is 0.460 e. The summed E-state index contributed by atoms with van der Waals surface area (Å²) in [6.07, 6.45) is 17.7. The van der Waals surface area contributed by atoms with Gasteiger partial charge in [0.2, 0.25) is 0 Å². The molecular formula is C20H38O4. The molecule has 0 aromatic rings. The van der Waals surface area contributed by atoms with Gasteiger partial charge >= 0.3 is 5.97 Å². The Balaban J connectivity index is 3.29. The van der Waals surface area contributed by atoms with Gasteiger partial charge < -0.3 is 14.9 Å². The van der Waals surface area contributed by atoms with Crippen molar-refractivity contribution in [1.29, 1.82) is 0 Å². The maximum absolute atomic E-state index is 11.5. The maximum Gasteiger partial charge on any atom is 0.306 e. The van der Waals surface area contributed by atoms with Crippen molar-refractivity contribution in [3.8, 4) is 0 Å². The summed E-state index contributed by atoms with van der Waals surface area (Å²) < 4.78 is 5.15. The first kappa shape index (κ1) is 23.1. The van der Waals surface area contributed by atoms with E-state index in [0.29, 0.717) is 19.4 Å². The Labute approximate surface area is 148 Å². The third kappa shape index (κ3) is 16.0. The average Bonchev–Trinajstić information content (AvgIpc) is 2.60. The molecule has 0 aromatic heterocycles. The SMILES string of the molecule is CCC(CO)OC(=O)CCCCCCC/C=C\CCCCCCO. The van der Waals surface area contributed by atoms with E-state index < -0.39 is 0 Å². The smallest absolute Gasteiger partial charge is 0.306 e. The van der Waals surface area contributed by atoms with Gasteiger partial charge in [-0.2, -0.15) is 0 Å². The lowest BCUT2D eigenvalue weighted by Crippen LogP contribution is -2.20. The zero-order valence-corrected chi connectivity index (χ0v) is 15.5. The van der Waals surface area contributed by atoms with Crippen molar-refractivity contribution in [2.75, 3.05) is 13.2 Å². The lowest BCUT2D eigenvalue weighted by atomic mass is 10.1. The third-order valence-electron chi connectivity index (χ3n) is 4.15. The molecule has 0 amide bonds. The van der Waals surface area contributed by atoms with Crippen LogP contribution in [0.5, 0.6) is 0 Å². The molecule has 0 rings (SSSR count). The molecule has 0 fully saturated rings. The summed E-state index contributed by atoms with van der Waals surface area (Å²) in [6.45, 7) is 2.14. The van der Waals surface area contributed by atoms with Gasteiger partial charge in [0, 0.05) is 13.0 Å². The van der Waals surface area contributed by atoms with Crippen molar-refractivity contribution in [1.82, 2.24) is 0 Å². The number of allylic oxidation sites excluding steroid dienone is 2. The van der Waals surface area contributed by atoms with Gasteiger partial charge in [-0.15, -0.1) is 0 Å². The second kappa shape index (κ2) is 18.5. The molecule has 0 aliphatic heterocycles. The first-order valence-electron chi connectivity index (χ1n) is 9.80. The van der Waals surface area contributed by atoms with Gasteiger partial charge in [0.05, 0.1) is 6.61 Å². The minimum Gasteiger partial charge on any atom is -0.460 e. The average molecular weight is 343 g/mol. The minimum absolute atomic E-state index is 0.0849. The van der Waals surface area contributed by atoms with E-state index in [1.165, 1.54) is 32.1 Å². The fourth-order valence-corrected chi connectivity index (χ4v) is 2.52. The summed E-state index contributed by atoms with van der Waals surface area (Å²) in [5, 5.41) is 17.7. The molecule has 24 heavy (non-hydrogen) atoms. The molecule has 0 radical (unpaired) electrons. The van der Waals surface area contributed by atoms with Gasteiger partial charge in [0.25, 0.3) is 0 Å². The van der Waals surface area contributed by atoms with Crippen LogP contribution in [0.25, 0.3) is 0 Å². The summed E-state index contributed by atoms with van der Waals surface area (Å²) >= 11 is 0. The van der Waals surface area contributed by atoms with Crippen LogP contribution in [0, 0.1) is 0 Å². The maximum atomic E-state index is 11.5. The van der Waals surface area contributed by atoms with Gasteiger partial charge in [-0.3, -0.25) is 4.79 Å². The van der Waals surface area contributed by atoms with Crippen LogP contribution in [0.2, 0.25) is 0 Å². The van der Waals surface area contributed by atoms with Crippen molar-refractivity contribution in [2.24, 2.45) is 0 Å². The Morgan fingerprint density at radius 3 is 1.96 bits per heavy atom. The number of esters is 1. The second-order valence-electron chi connectivity index (χ2n) is 6.41. The molecule has 1 atom stereocenters. The van der Waals surface area contributed by atoms with Gasteiger partial charge in [0.1, 0.15) is 6.10 Å². The Hall–Kier alpha value is -0.870. The van der Waals surface area contributed by atoms with Crippen molar-refractivity contribution < 1.29 is 19.7 Å². The topological polar surface area (TPSA) is 66.8 Å². The van der Waals surface area contributed by atoms with Gasteiger partial charge in [-0.1, -0.05) is 51.2 Å². The molecule has 1 unspecified atom stereocenters. The highest BCUT2D eigenvalue weighted by Crippen LogP contribution is 2.10. The monoisotopic (exact) mass is 342 g/mol. The summed E-state index contributed by atoms with van der Waals surface area (Å²) in [5.41, 5.74) is 0. The number of aliphatic hydroxyl groups excluding tert-OH is 2. The van der Waals surface area contributed by atoms with E-state index in [0.717, 1.165) is 38.5 Å². The van der Waals surface area contributed by atoms with E-state index in [1.807, 2.05) is 6.92 Å². The van der Waals surface area contributed by atoms with Gasteiger partial charge in [0.15, 0.2) is 0 Å². The van der Waals surface area contributed by atoms with Crippen LogP contribution in [0.1, 0.15) is 90.4 Å². The van der Waals surface area contributed by atoms with E-state index in [4.69, 9.17) is 14.9 Å². The molecule has 0 aliphatic carbocycles. The number of rotatable bonds is 17. The number of unbranched alkanes of at least 4 members (excludes halogenated alkanes) is 9. The number of aliphatic hydroxyl groups is 2. The van der Waals surface area contributed by atoms with E-state index >= 15 is 0 Å². The Bertz CT molecular complexity index is 298. The number of ether oxygens (including phenoxy) is 1. The summed E-state index contributed by atoms with van der Waals surface area (Å²) in [5.74, 6) is -0.183. The van der Waals surface area contributed by atoms with Crippen LogP contribution in [0.3, 0.4) is 0 Å². The van der Waals surface area contributed by atoms with E-state index in [1.54, 1.807) is 0 Å². The van der Waals surface area contributed by atoms with E-state index in [-0.39, 0.29) is 18.7 Å². The molecular weight excluding hydrogens is 304 g/mol. The number of hydrogen-bond acceptors (Lipinski definition) is 4. The molecule has 0 saturated heterocycles. The molecule has 0 spiro atoms. The van der Waals surface area contributed by atoms with E-state index in [9.17, 15) is 4.79 Å². The first-order valence-corrected chi connectivity index (χ1v) is 9.80. The molecule has 142 valence electrons. The molecule has 4 nitrogen and oxygen atoms in total. The molecule has 0 aromatic carbocycles. The van der Waals surface area contributed by atoms with Crippen molar-refractivity contribution in [3.05, 3.63) is 12.2 Å². The van der Waals surface area contributed by atoms with Crippen LogP contribution in [0.4, 0.5) is 0 Å². The molecule has 2 N–H and O–H groups in total. The number of carbonyl (C=O) groups excluding carboxylic acids is 1. The second-order valence-corrected chi connectivity index (χ2v) is 6.41. The molecule has 0 aliphatic rings. The highest BCUT2D eigenvalue weighted by atomic mass is 16.5. The first-order chi connectivity index (χ1) is 11.7. The normalized spacial score (nSPS) is 12.6. The van der Waals surface area contributed by atoms with Crippen LogP contribution in [-0.4, -0.2) is 35.5 Å². The zero-order valence-electron chi connectivity index (χ0n) is 15.5. The standard InChI is InChI=1S/C20H38O4/c1-2-19(18-22)24-20(23)16-14-12-10-8-6-4-3-5-7-9-11-13-15-17-21/h3,5,19,21-22H,2,4,6-18H2,1H3/b5-3-. The van der Waals surface area contributed by atoms with Crippen LogP contribution in [-0.2, 0) is 9.53 Å². The van der Waals surface area contributed by atoms with Crippen LogP contribution < -0.4 is 0 Å². The Morgan fingerprint density at radius 1 is 0.875 bits per heavy atom. The molecule has 0 bridgehead atoms. The van der Waals surface area contributed by atoms with E-state index in [2.05, 4.69) is 12.2 Å². The zero-order chi connectivity index (χ0) is 17.9. The Kier molecular flexibility index (Phi) is 17.8. The van der Waals surface area contributed by atoms with Gasteiger partial charge in [-0.25, -0.2) is 0 Å². The summed E-state index contributed by atoms with van der Waals surface area (Å²) in [6, 6.07) is 0. The van der Waals surface area contributed by atoms with Crippen molar-refractivity contribution in [3.63, 3.8) is 0 Å². The lowest BCUT2D eigenvalue weighted by molar-refractivity contribution is -0.151. The predicted molar refractivity (Wildman–Crippen MR) is 98.9 cm³/mol. The fourth-order valence-electron chi connectivity index (χ4n) is 2.52. The highest BCUT2D eigenvalue weighted by Gasteiger charge is 2.10. The van der Waals surface area contributed by atoms with Crippen LogP contribution in [0.15, 0.2) is 12.2 Å². The van der Waals surface area contributed by atoms with Crippen LogP contribution >= 0.6 is 0 Å². The minimum atomic E-state index is -0.334. The molecule has 0 heterocycles. The fraction of sp³-hybridized carbons (Fsp3) is 0.850. The summed E-state index contributed by atoms with van der Waals surface area (Å²) in [4.78, 5) is 11.5. The number of hydrogen-bond donors (Lipinski definition) is 2. The Morgan fingerprint density at radius 2 is 1.42 bits per heavy atom.